The summed E-state index contributed by atoms with van der Waals surface area (Å²) in [6.07, 6.45) is 3.47. The van der Waals surface area contributed by atoms with E-state index in [-0.39, 0.29) is 0 Å². The Labute approximate surface area is 157 Å². The average Bonchev–Trinajstić information content (AvgIpc) is 3.22. The topological polar surface area (TPSA) is 54.9 Å². The molecular weight excluding hydrogens is 326 g/mol. The molecule has 2 aliphatic rings. The van der Waals surface area contributed by atoms with Gasteiger partial charge >= 0.3 is 0 Å². The van der Waals surface area contributed by atoms with Gasteiger partial charge in [-0.2, -0.15) is 0 Å². The third-order valence-corrected chi connectivity index (χ3v) is 5.22. The summed E-state index contributed by atoms with van der Waals surface area (Å²) in [6.45, 7) is 7.69. The lowest BCUT2D eigenvalue weighted by Gasteiger charge is -2.13. The van der Waals surface area contributed by atoms with Crippen molar-refractivity contribution in [3.05, 3.63) is 35.4 Å². The van der Waals surface area contributed by atoms with Crippen molar-refractivity contribution in [1.29, 1.82) is 0 Å². The Balaban J connectivity index is 1.34. The molecule has 1 heterocycles. The highest BCUT2D eigenvalue weighted by Crippen LogP contribution is 2.41. The van der Waals surface area contributed by atoms with Gasteiger partial charge in [0, 0.05) is 38.8 Å². The Bertz CT molecular complexity index is 579. The Morgan fingerprint density at radius 3 is 2.77 bits per heavy atom. The molecule has 0 spiro atoms. The van der Waals surface area contributed by atoms with Crippen molar-refractivity contribution >= 4 is 5.96 Å². The van der Waals surface area contributed by atoms with Gasteiger partial charge in [0.05, 0.1) is 12.7 Å². The molecule has 144 valence electrons. The molecule has 5 nitrogen and oxygen atoms in total. The van der Waals surface area contributed by atoms with E-state index in [0.29, 0.717) is 24.0 Å². The predicted octanol–water partition coefficient (Wildman–Crippen LogP) is 3.03. The van der Waals surface area contributed by atoms with Gasteiger partial charge in [0.15, 0.2) is 5.96 Å². The minimum atomic E-state index is 0.293. The van der Waals surface area contributed by atoms with E-state index in [1.165, 1.54) is 17.5 Å². The van der Waals surface area contributed by atoms with E-state index in [2.05, 4.69) is 53.7 Å². The zero-order valence-corrected chi connectivity index (χ0v) is 16.3. The smallest absolute Gasteiger partial charge is 0.191 e. The normalized spacial score (nSPS) is 25.5. The Hall–Kier alpha value is -1.59. The van der Waals surface area contributed by atoms with Crippen LogP contribution in [0.3, 0.4) is 0 Å². The van der Waals surface area contributed by atoms with Gasteiger partial charge in [-0.25, -0.2) is 0 Å². The lowest BCUT2D eigenvalue weighted by atomic mass is 10.0. The quantitative estimate of drug-likeness (QED) is 0.426. The Morgan fingerprint density at radius 1 is 1.31 bits per heavy atom. The van der Waals surface area contributed by atoms with E-state index in [0.717, 1.165) is 45.2 Å². The molecule has 3 unspecified atom stereocenters. The molecule has 0 radical (unpaired) electrons. The number of aliphatic imine (C=N–C) groups is 1. The molecule has 26 heavy (non-hydrogen) atoms. The van der Waals surface area contributed by atoms with Crippen LogP contribution in [0.1, 0.15) is 56.1 Å². The maximum absolute atomic E-state index is 5.79. The van der Waals surface area contributed by atoms with Gasteiger partial charge < -0.3 is 20.1 Å². The molecular formula is C21H33N3O2. The summed E-state index contributed by atoms with van der Waals surface area (Å²) in [4.78, 5) is 4.34. The Kier molecular flexibility index (Phi) is 6.92. The number of hydrogen-bond acceptors (Lipinski definition) is 3. The average molecular weight is 360 g/mol. The van der Waals surface area contributed by atoms with Crippen LogP contribution >= 0.6 is 0 Å². The van der Waals surface area contributed by atoms with Crippen molar-refractivity contribution in [1.82, 2.24) is 10.6 Å². The van der Waals surface area contributed by atoms with E-state index in [1.54, 1.807) is 0 Å². The summed E-state index contributed by atoms with van der Waals surface area (Å²) in [5.74, 6) is 2.08. The van der Waals surface area contributed by atoms with Gasteiger partial charge in [0.2, 0.25) is 0 Å². The first kappa shape index (κ1) is 19.2. The van der Waals surface area contributed by atoms with Gasteiger partial charge in [0.1, 0.15) is 0 Å². The molecule has 3 atom stereocenters. The number of nitrogens with one attached hydrogen (secondary N) is 2. The van der Waals surface area contributed by atoms with E-state index in [9.17, 15) is 0 Å². The van der Waals surface area contributed by atoms with Gasteiger partial charge in [-0.1, -0.05) is 38.1 Å². The van der Waals surface area contributed by atoms with Crippen LogP contribution in [0.15, 0.2) is 29.3 Å². The minimum absolute atomic E-state index is 0.293. The largest absolute Gasteiger partial charge is 0.379 e. The summed E-state index contributed by atoms with van der Waals surface area (Å²) < 4.78 is 11.1. The van der Waals surface area contributed by atoms with E-state index in [4.69, 9.17) is 9.47 Å². The zero-order valence-electron chi connectivity index (χ0n) is 16.3. The van der Waals surface area contributed by atoms with Gasteiger partial charge in [-0.3, -0.25) is 4.99 Å². The molecule has 2 fully saturated rings. The van der Waals surface area contributed by atoms with Gasteiger partial charge in [-0.15, -0.1) is 0 Å². The van der Waals surface area contributed by atoms with Crippen molar-refractivity contribution < 1.29 is 9.47 Å². The summed E-state index contributed by atoms with van der Waals surface area (Å²) in [6, 6.07) is 9.57. The van der Waals surface area contributed by atoms with Crippen LogP contribution in [-0.4, -0.2) is 51.5 Å². The molecule has 2 N–H and O–H groups in total. The van der Waals surface area contributed by atoms with Crippen LogP contribution in [0.4, 0.5) is 0 Å². The number of benzene rings is 1. The highest BCUT2D eigenvalue weighted by molar-refractivity contribution is 5.80. The maximum atomic E-state index is 5.79. The molecule has 0 aromatic heterocycles. The highest BCUT2D eigenvalue weighted by Gasteiger charge is 2.38. The summed E-state index contributed by atoms with van der Waals surface area (Å²) in [7, 11) is 1.83. The lowest BCUT2D eigenvalue weighted by molar-refractivity contribution is 0.0420. The number of rotatable bonds is 8. The third kappa shape index (κ3) is 5.45. The first-order chi connectivity index (χ1) is 12.7. The third-order valence-electron chi connectivity index (χ3n) is 5.22. The molecule has 1 aliphatic carbocycles. The monoisotopic (exact) mass is 359 g/mol. The van der Waals surface area contributed by atoms with Crippen molar-refractivity contribution in [2.24, 2.45) is 4.99 Å². The van der Waals surface area contributed by atoms with Crippen molar-refractivity contribution in [2.45, 2.75) is 57.1 Å². The van der Waals surface area contributed by atoms with Crippen LogP contribution < -0.4 is 10.6 Å². The van der Waals surface area contributed by atoms with Crippen LogP contribution in [0.5, 0.6) is 0 Å². The van der Waals surface area contributed by atoms with Crippen LogP contribution in [0.2, 0.25) is 0 Å². The van der Waals surface area contributed by atoms with Crippen LogP contribution in [0.25, 0.3) is 0 Å². The van der Waals surface area contributed by atoms with E-state index in [1.807, 2.05) is 7.05 Å². The van der Waals surface area contributed by atoms with E-state index < -0.39 is 0 Å². The van der Waals surface area contributed by atoms with Crippen molar-refractivity contribution in [3.8, 4) is 0 Å². The van der Waals surface area contributed by atoms with Crippen LogP contribution in [0, 0.1) is 0 Å². The fraction of sp³-hybridized carbons (Fsp3) is 0.667. The second-order valence-corrected chi connectivity index (χ2v) is 7.62. The predicted molar refractivity (Wildman–Crippen MR) is 106 cm³/mol. The number of guanidine groups is 1. The Morgan fingerprint density at radius 2 is 2.12 bits per heavy atom. The molecule has 1 aromatic rings. The number of hydrogen-bond donors (Lipinski definition) is 2. The van der Waals surface area contributed by atoms with E-state index >= 15 is 0 Å². The van der Waals surface area contributed by atoms with Crippen LogP contribution in [-0.2, 0) is 9.47 Å². The zero-order chi connectivity index (χ0) is 18.4. The highest BCUT2D eigenvalue weighted by atomic mass is 16.5. The second kappa shape index (κ2) is 9.38. The SMILES string of the molecule is CN=C(NCCCOC1CCOC1)NC1CC1c1ccc(C(C)C)cc1. The molecule has 5 heteroatoms. The molecule has 0 amide bonds. The van der Waals surface area contributed by atoms with Gasteiger partial charge in [-0.05, 0) is 36.3 Å². The number of nitrogens with zero attached hydrogens (tertiary/aromatic N) is 1. The standard InChI is InChI=1S/C21H33N3O2/c1-15(2)16-5-7-17(8-6-16)19-13-20(19)24-21(22-3)23-10-4-11-26-18-9-12-25-14-18/h5-8,15,18-20H,4,9-14H2,1-3H3,(H2,22,23,24). The maximum Gasteiger partial charge on any atom is 0.191 e. The van der Waals surface area contributed by atoms with Crippen molar-refractivity contribution in [3.63, 3.8) is 0 Å². The second-order valence-electron chi connectivity index (χ2n) is 7.62. The summed E-state index contributed by atoms with van der Waals surface area (Å²) in [5, 5.41) is 6.93. The molecule has 1 saturated heterocycles. The molecule has 3 rings (SSSR count). The fourth-order valence-corrected chi connectivity index (χ4v) is 3.39. The molecule has 1 aromatic carbocycles. The van der Waals surface area contributed by atoms with Crippen molar-refractivity contribution in [2.75, 3.05) is 33.4 Å². The minimum Gasteiger partial charge on any atom is -0.379 e. The van der Waals surface area contributed by atoms with Gasteiger partial charge in [0.25, 0.3) is 0 Å². The molecule has 1 saturated carbocycles. The summed E-state index contributed by atoms with van der Waals surface area (Å²) >= 11 is 0. The molecule has 1 aliphatic heterocycles. The molecule has 0 bridgehead atoms. The summed E-state index contributed by atoms with van der Waals surface area (Å²) in [5.41, 5.74) is 2.83. The first-order valence-electron chi connectivity index (χ1n) is 9.93. The first-order valence-corrected chi connectivity index (χ1v) is 9.93. The number of ether oxygens (including phenoxy) is 2. The fourth-order valence-electron chi connectivity index (χ4n) is 3.39. The lowest BCUT2D eigenvalue weighted by Crippen LogP contribution is -2.39.